The van der Waals surface area contributed by atoms with Crippen molar-refractivity contribution in [2.45, 2.75) is 50.8 Å². The van der Waals surface area contributed by atoms with Crippen LogP contribution >= 0.6 is 11.8 Å². The minimum absolute atomic E-state index is 0.112. The molecular weight excluding hydrogens is 437 g/mol. The van der Waals surface area contributed by atoms with Gasteiger partial charge in [-0.1, -0.05) is 55.4 Å². The zero-order valence-electron chi connectivity index (χ0n) is 18.0. The summed E-state index contributed by atoms with van der Waals surface area (Å²) in [6.07, 6.45) is -3.57. The highest BCUT2D eigenvalue weighted by Crippen LogP contribution is 2.31. The molecule has 0 amide bonds. The fraction of sp³-hybridized carbons (Fsp3) is 0.348. The summed E-state index contributed by atoms with van der Waals surface area (Å²) in [5.41, 5.74) is 1.40. The van der Waals surface area contributed by atoms with Crippen molar-refractivity contribution in [1.82, 2.24) is 19.2 Å². The Morgan fingerprint density at radius 2 is 1.88 bits per heavy atom. The van der Waals surface area contributed by atoms with Gasteiger partial charge in [-0.15, -0.1) is 10.2 Å². The zero-order valence-corrected chi connectivity index (χ0v) is 18.8. The van der Waals surface area contributed by atoms with E-state index in [-0.39, 0.29) is 5.56 Å². The SMILES string of the molecule is Cc1ccc2c(c1)c(=O)n(CCC(C)C)c1nnc(SCc3cccc(C(F)(F)F)c3)n21. The van der Waals surface area contributed by atoms with E-state index in [1.165, 1.54) is 17.8 Å². The highest BCUT2D eigenvalue weighted by Gasteiger charge is 2.30. The van der Waals surface area contributed by atoms with E-state index in [0.29, 0.717) is 45.6 Å². The Balaban J connectivity index is 1.78. The van der Waals surface area contributed by atoms with Crippen LogP contribution < -0.4 is 5.56 Å². The minimum Gasteiger partial charge on any atom is -0.276 e. The van der Waals surface area contributed by atoms with Crippen molar-refractivity contribution in [1.29, 1.82) is 0 Å². The van der Waals surface area contributed by atoms with Crippen molar-refractivity contribution in [3.8, 4) is 0 Å². The number of hydrogen-bond acceptors (Lipinski definition) is 4. The Labute approximate surface area is 187 Å². The topological polar surface area (TPSA) is 52.2 Å². The number of fused-ring (bicyclic) bond motifs is 3. The van der Waals surface area contributed by atoms with Gasteiger partial charge in [0, 0.05) is 12.3 Å². The van der Waals surface area contributed by atoms with Crippen LogP contribution in [0.3, 0.4) is 0 Å². The molecule has 0 N–H and O–H groups in total. The molecule has 0 unspecified atom stereocenters. The van der Waals surface area contributed by atoms with Crippen molar-refractivity contribution in [2.24, 2.45) is 5.92 Å². The van der Waals surface area contributed by atoms with Gasteiger partial charge in [-0.2, -0.15) is 13.2 Å². The molecule has 168 valence electrons. The van der Waals surface area contributed by atoms with Gasteiger partial charge in [0.25, 0.3) is 5.56 Å². The van der Waals surface area contributed by atoms with Crippen LogP contribution in [0.2, 0.25) is 0 Å². The molecule has 0 fully saturated rings. The molecular formula is C23H23F3N4OS. The van der Waals surface area contributed by atoms with Gasteiger partial charge in [0.15, 0.2) is 5.16 Å². The lowest BCUT2D eigenvalue weighted by Crippen LogP contribution is -2.24. The molecule has 4 rings (SSSR count). The lowest BCUT2D eigenvalue weighted by atomic mass is 10.1. The van der Waals surface area contributed by atoms with Gasteiger partial charge in [-0.05, 0) is 43.0 Å². The van der Waals surface area contributed by atoms with E-state index in [1.54, 1.807) is 10.6 Å². The molecule has 32 heavy (non-hydrogen) atoms. The number of rotatable bonds is 6. The first-order chi connectivity index (χ1) is 15.1. The van der Waals surface area contributed by atoms with Gasteiger partial charge in [0.1, 0.15) is 0 Å². The second-order valence-corrected chi connectivity index (χ2v) is 9.21. The van der Waals surface area contributed by atoms with Crippen LogP contribution in [-0.2, 0) is 18.5 Å². The van der Waals surface area contributed by atoms with E-state index in [4.69, 9.17) is 0 Å². The molecule has 2 aromatic carbocycles. The van der Waals surface area contributed by atoms with E-state index in [2.05, 4.69) is 24.0 Å². The number of nitrogens with zero attached hydrogens (tertiary/aromatic N) is 4. The fourth-order valence-corrected chi connectivity index (χ4v) is 4.45. The number of hydrogen-bond donors (Lipinski definition) is 0. The summed E-state index contributed by atoms with van der Waals surface area (Å²) in [5.74, 6) is 1.15. The summed E-state index contributed by atoms with van der Waals surface area (Å²) in [7, 11) is 0. The molecule has 0 aliphatic heterocycles. The van der Waals surface area contributed by atoms with Crippen LogP contribution in [0.4, 0.5) is 13.2 Å². The first kappa shape index (κ1) is 22.4. The quantitative estimate of drug-likeness (QED) is 0.346. The monoisotopic (exact) mass is 460 g/mol. The minimum atomic E-state index is -4.39. The van der Waals surface area contributed by atoms with Gasteiger partial charge in [-0.25, -0.2) is 0 Å². The van der Waals surface area contributed by atoms with Crippen LogP contribution in [0.1, 0.15) is 37.0 Å². The largest absolute Gasteiger partial charge is 0.416 e. The van der Waals surface area contributed by atoms with E-state index >= 15 is 0 Å². The van der Waals surface area contributed by atoms with Gasteiger partial charge in [0.05, 0.1) is 16.5 Å². The lowest BCUT2D eigenvalue weighted by Gasteiger charge is -2.13. The zero-order chi connectivity index (χ0) is 23.0. The maximum absolute atomic E-state index is 13.2. The third-order valence-electron chi connectivity index (χ3n) is 5.28. The van der Waals surface area contributed by atoms with Crippen molar-refractivity contribution >= 4 is 28.4 Å². The van der Waals surface area contributed by atoms with Crippen LogP contribution in [0, 0.1) is 12.8 Å². The summed E-state index contributed by atoms with van der Waals surface area (Å²) < 4.78 is 42.6. The van der Waals surface area contributed by atoms with Crippen molar-refractivity contribution in [2.75, 3.05) is 0 Å². The van der Waals surface area contributed by atoms with E-state index < -0.39 is 11.7 Å². The maximum Gasteiger partial charge on any atom is 0.416 e. The van der Waals surface area contributed by atoms with Gasteiger partial charge >= 0.3 is 6.18 Å². The molecule has 2 aromatic heterocycles. The summed E-state index contributed by atoms with van der Waals surface area (Å²) in [6, 6.07) is 10.9. The molecule has 0 saturated carbocycles. The van der Waals surface area contributed by atoms with Gasteiger partial charge in [-0.3, -0.25) is 13.8 Å². The molecule has 0 bridgehead atoms. The first-order valence-electron chi connectivity index (χ1n) is 10.3. The van der Waals surface area contributed by atoms with Crippen LogP contribution in [0.25, 0.3) is 16.7 Å². The second kappa shape index (κ2) is 8.61. The number of aryl methyl sites for hydroxylation is 2. The Bertz CT molecular complexity index is 1340. The molecule has 0 aliphatic carbocycles. The Morgan fingerprint density at radius 3 is 2.59 bits per heavy atom. The molecule has 4 aromatic rings. The number of thioether (sulfide) groups is 1. The number of aromatic nitrogens is 4. The van der Waals surface area contributed by atoms with E-state index in [0.717, 1.165) is 24.1 Å². The standard InChI is InChI=1S/C23H23F3N4OS/c1-14(2)9-10-29-20(31)18-11-15(3)7-8-19(18)30-21(29)27-28-22(30)32-13-16-5-4-6-17(12-16)23(24,25)26/h4-8,11-12,14H,9-10,13H2,1-3H3. The van der Waals surface area contributed by atoms with Crippen LogP contribution in [0.5, 0.6) is 0 Å². The molecule has 0 atom stereocenters. The molecule has 9 heteroatoms. The van der Waals surface area contributed by atoms with Crippen molar-refractivity contribution in [3.05, 3.63) is 69.5 Å². The third-order valence-corrected chi connectivity index (χ3v) is 6.28. The summed E-state index contributed by atoms with van der Waals surface area (Å²) in [5, 5.41) is 9.65. The highest BCUT2D eigenvalue weighted by molar-refractivity contribution is 7.98. The summed E-state index contributed by atoms with van der Waals surface area (Å²) in [6.45, 7) is 6.62. The van der Waals surface area contributed by atoms with E-state index in [9.17, 15) is 18.0 Å². The number of alkyl halides is 3. The Kier molecular flexibility index (Phi) is 6.03. The predicted octanol–water partition coefficient (Wildman–Crippen LogP) is 5.71. The van der Waals surface area contributed by atoms with Crippen molar-refractivity contribution in [3.63, 3.8) is 0 Å². The van der Waals surface area contributed by atoms with Gasteiger partial charge < -0.3 is 0 Å². The Hall–Kier alpha value is -2.81. The smallest absolute Gasteiger partial charge is 0.276 e. The lowest BCUT2D eigenvalue weighted by molar-refractivity contribution is -0.137. The van der Waals surface area contributed by atoms with Crippen LogP contribution in [0.15, 0.2) is 52.4 Å². The summed E-state index contributed by atoms with van der Waals surface area (Å²) >= 11 is 1.29. The number of halogens is 3. The van der Waals surface area contributed by atoms with Gasteiger partial charge in [0.2, 0.25) is 5.78 Å². The first-order valence-corrected chi connectivity index (χ1v) is 11.3. The average molecular weight is 461 g/mol. The second-order valence-electron chi connectivity index (χ2n) is 8.26. The van der Waals surface area contributed by atoms with E-state index in [1.807, 2.05) is 29.5 Å². The average Bonchev–Trinajstić information content (AvgIpc) is 3.15. The third kappa shape index (κ3) is 4.39. The molecule has 5 nitrogen and oxygen atoms in total. The number of benzene rings is 2. The predicted molar refractivity (Wildman–Crippen MR) is 120 cm³/mol. The fourth-order valence-electron chi connectivity index (χ4n) is 3.57. The summed E-state index contributed by atoms with van der Waals surface area (Å²) in [4.78, 5) is 13.2. The Morgan fingerprint density at radius 1 is 1.09 bits per heavy atom. The van der Waals surface area contributed by atoms with Crippen LogP contribution in [-0.4, -0.2) is 19.2 Å². The molecule has 2 heterocycles. The van der Waals surface area contributed by atoms with Crippen molar-refractivity contribution < 1.29 is 13.2 Å². The normalized spacial score (nSPS) is 12.3. The maximum atomic E-state index is 13.2. The highest BCUT2D eigenvalue weighted by atomic mass is 32.2. The molecule has 0 aliphatic rings. The molecule has 0 spiro atoms. The molecule has 0 radical (unpaired) electrons. The molecule has 0 saturated heterocycles.